The second-order valence-corrected chi connectivity index (χ2v) is 11.4. The van der Waals surface area contributed by atoms with Crippen molar-refractivity contribution in [3.8, 4) is 0 Å². The molecule has 1 atom stereocenters. The van der Waals surface area contributed by atoms with E-state index in [1.165, 1.54) is 11.3 Å². The van der Waals surface area contributed by atoms with Crippen molar-refractivity contribution in [3.05, 3.63) is 95.6 Å². The minimum absolute atomic E-state index is 0.0588. The van der Waals surface area contributed by atoms with Crippen LogP contribution in [0.2, 0.25) is 5.02 Å². The summed E-state index contributed by atoms with van der Waals surface area (Å²) in [6.07, 6.45) is 3.04. The summed E-state index contributed by atoms with van der Waals surface area (Å²) < 4.78 is 2.28. The molecule has 0 saturated heterocycles. The molecule has 2 aliphatic rings. The number of allylic oxidation sites excluding steroid dienone is 2. The molecule has 1 aromatic heterocycles. The fourth-order valence-electron chi connectivity index (χ4n) is 4.73. The largest absolute Gasteiger partial charge is 0.378 e. The third-order valence-electron chi connectivity index (χ3n) is 6.39. The van der Waals surface area contributed by atoms with Crippen LogP contribution in [0, 0.1) is 5.41 Å². The molecule has 3 aromatic rings. The third kappa shape index (κ3) is 4.05. The van der Waals surface area contributed by atoms with Crippen LogP contribution >= 0.6 is 22.9 Å². The average Bonchev–Trinajstić information content (AvgIpc) is 3.07. The van der Waals surface area contributed by atoms with Gasteiger partial charge >= 0.3 is 0 Å². The Hall–Kier alpha value is -2.96. The average molecular weight is 492 g/mol. The fraction of sp³-hybridized carbons (Fsp3) is 0.296. The molecule has 1 unspecified atom stereocenters. The molecule has 5 nitrogen and oxygen atoms in total. The number of rotatable bonds is 3. The second-order valence-electron chi connectivity index (χ2n) is 9.92. The van der Waals surface area contributed by atoms with Crippen molar-refractivity contribution in [2.75, 3.05) is 19.0 Å². The van der Waals surface area contributed by atoms with Gasteiger partial charge in [-0.05, 0) is 53.3 Å². The van der Waals surface area contributed by atoms with Crippen molar-refractivity contribution in [1.82, 2.24) is 4.57 Å². The van der Waals surface area contributed by atoms with E-state index < -0.39 is 6.04 Å². The number of Topliss-reactive ketones (excluding diaryl/α,β-unsaturated/α-hetero) is 1. The standard InChI is InChI=1S/C27H26ClN3O2S/c1-27(2)14-20-23(21(32)15-27)24(17-7-9-18(28)10-8-17)31-25(33)22(34-26(31)29-20)13-16-5-11-19(12-6-16)30(3)4/h5-13,24H,14-15H2,1-4H3. The van der Waals surface area contributed by atoms with E-state index >= 15 is 0 Å². The number of carbonyl (C=O) groups is 1. The molecule has 34 heavy (non-hydrogen) atoms. The van der Waals surface area contributed by atoms with Gasteiger partial charge < -0.3 is 4.90 Å². The van der Waals surface area contributed by atoms with Crippen molar-refractivity contribution >= 4 is 40.5 Å². The van der Waals surface area contributed by atoms with Gasteiger partial charge in [0, 0.05) is 36.8 Å². The topological polar surface area (TPSA) is 54.7 Å². The minimum Gasteiger partial charge on any atom is -0.378 e. The number of ketones is 1. The Bertz CT molecular complexity index is 1490. The third-order valence-corrected chi connectivity index (χ3v) is 7.62. The van der Waals surface area contributed by atoms with Gasteiger partial charge in [0.2, 0.25) is 0 Å². The van der Waals surface area contributed by atoms with E-state index in [1.54, 1.807) is 16.7 Å². The number of hydrogen-bond acceptors (Lipinski definition) is 5. The van der Waals surface area contributed by atoms with E-state index in [2.05, 4.69) is 13.8 Å². The number of thiazole rings is 1. The number of fused-ring (bicyclic) bond motifs is 1. The summed E-state index contributed by atoms with van der Waals surface area (Å²) >= 11 is 7.51. The first-order valence-corrected chi connectivity index (χ1v) is 12.4. The maximum Gasteiger partial charge on any atom is 0.271 e. The van der Waals surface area contributed by atoms with Gasteiger partial charge in [-0.3, -0.25) is 14.2 Å². The molecule has 2 aromatic carbocycles. The van der Waals surface area contributed by atoms with Crippen LogP contribution in [0.15, 0.2) is 69.6 Å². The predicted molar refractivity (Wildman–Crippen MR) is 138 cm³/mol. The molecular weight excluding hydrogens is 466 g/mol. The van der Waals surface area contributed by atoms with Gasteiger partial charge in [0.25, 0.3) is 5.56 Å². The maximum atomic E-state index is 13.7. The lowest BCUT2D eigenvalue weighted by Gasteiger charge is -2.35. The van der Waals surface area contributed by atoms with Crippen LogP contribution in [0.25, 0.3) is 6.08 Å². The summed E-state index contributed by atoms with van der Waals surface area (Å²) in [5, 5.41) is 0.614. The molecule has 0 fully saturated rings. The Morgan fingerprint density at radius 2 is 1.74 bits per heavy atom. The zero-order valence-electron chi connectivity index (χ0n) is 19.6. The molecule has 0 saturated carbocycles. The Balaban J connectivity index is 1.71. The van der Waals surface area contributed by atoms with Crippen LogP contribution in [0.1, 0.15) is 43.9 Å². The summed E-state index contributed by atoms with van der Waals surface area (Å²) in [5.41, 5.74) is 4.04. The Morgan fingerprint density at radius 1 is 1.06 bits per heavy atom. The first-order chi connectivity index (χ1) is 16.1. The van der Waals surface area contributed by atoms with Crippen molar-refractivity contribution in [2.45, 2.75) is 32.7 Å². The molecule has 174 valence electrons. The highest BCUT2D eigenvalue weighted by Gasteiger charge is 2.40. The van der Waals surface area contributed by atoms with E-state index in [9.17, 15) is 9.59 Å². The van der Waals surface area contributed by atoms with Gasteiger partial charge in [-0.2, -0.15) is 0 Å². The minimum atomic E-state index is -0.495. The van der Waals surface area contributed by atoms with Crippen LogP contribution in [-0.2, 0) is 4.79 Å². The number of halogens is 1. The highest BCUT2D eigenvalue weighted by Crippen LogP contribution is 2.43. The van der Waals surface area contributed by atoms with Crippen LogP contribution in [0.4, 0.5) is 5.69 Å². The Kier molecular flexibility index (Phi) is 5.61. The van der Waals surface area contributed by atoms with Crippen LogP contribution in [0.3, 0.4) is 0 Å². The smallest absolute Gasteiger partial charge is 0.271 e. The number of anilines is 1. The SMILES string of the molecule is CN(C)c1ccc(C=c2sc3n(c2=O)C(c2ccc(Cl)cc2)C2=C(CC(C)(C)CC2=O)N=3)cc1. The van der Waals surface area contributed by atoms with Gasteiger partial charge in [-0.1, -0.05) is 61.1 Å². The lowest BCUT2D eigenvalue weighted by Crippen LogP contribution is -2.42. The number of nitrogens with zero attached hydrogens (tertiary/aromatic N) is 3. The summed E-state index contributed by atoms with van der Waals surface area (Å²) in [6.45, 7) is 4.18. The summed E-state index contributed by atoms with van der Waals surface area (Å²) in [6, 6.07) is 15.0. The first kappa shape index (κ1) is 22.8. The van der Waals surface area contributed by atoms with Gasteiger partial charge in [-0.25, -0.2) is 4.99 Å². The number of aromatic nitrogens is 1. The number of hydrogen-bond donors (Lipinski definition) is 0. The fourth-order valence-corrected chi connectivity index (χ4v) is 5.88. The Morgan fingerprint density at radius 3 is 2.38 bits per heavy atom. The Labute approximate surface area is 207 Å². The molecule has 2 heterocycles. The van der Waals surface area contributed by atoms with E-state index in [4.69, 9.17) is 16.6 Å². The molecule has 7 heteroatoms. The zero-order chi connectivity index (χ0) is 24.2. The monoisotopic (exact) mass is 491 g/mol. The van der Waals surface area contributed by atoms with Crippen molar-refractivity contribution in [1.29, 1.82) is 0 Å². The summed E-state index contributed by atoms with van der Waals surface area (Å²) in [4.78, 5) is 34.5. The van der Waals surface area contributed by atoms with E-state index in [0.717, 1.165) is 22.5 Å². The van der Waals surface area contributed by atoms with E-state index in [1.807, 2.05) is 61.5 Å². The highest BCUT2D eigenvalue weighted by molar-refractivity contribution is 7.07. The van der Waals surface area contributed by atoms with Gasteiger partial charge in [0.1, 0.15) is 0 Å². The highest BCUT2D eigenvalue weighted by atomic mass is 35.5. The van der Waals surface area contributed by atoms with Gasteiger partial charge in [-0.15, -0.1) is 0 Å². The molecule has 1 aliphatic carbocycles. The molecule has 1 aliphatic heterocycles. The molecule has 0 spiro atoms. The van der Waals surface area contributed by atoms with Crippen molar-refractivity contribution in [2.24, 2.45) is 10.4 Å². The molecule has 0 N–H and O–H groups in total. The zero-order valence-corrected chi connectivity index (χ0v) is 21.2. The molecule has 0 radical (unpaired) electrons. The van der Waals surface area contributed by atoms with Gasteiger partial charge in [0.05, 0.1) is 16.3 Å². The van der Waals surface area contributed by atoms with Crippen LogP contribution < -0.4 is 19.8 Å². The van der Waals surface area contributed by atoms with E-state index in [-0.39, 0.29) is 16.8 Å². The lowest BCUT2D eigenvalue weighted by atomic mass is 9.73. The van der Waals surface area contributed by atoms with Gasteiger partial charge in [0.15, 0.2) is 10.6 Å². The summed E-state index contributed by atoms with van der Waals surface area (Å²) in [7, 11) is 3.99. The molecular formula is C27H26ClN3O2S. The predicted octanol–water partition coefficient (Wildman–Crippen LogP) is 4.32. The maximum absolute atomic E-state index is 13.7. The summed E-state index contributed by atoms with van der Waals surface area (Å²) in [5.74, 6) is 0.0588. The van der Waals surface area contributed by atoms with Crippen molar-refractivity contribution in [3.63, 3.8) is 0 Å². The van der Waals surface area contributed by atoms with Crippen molar-refractivity contribution < 1.29 is 4.79 Å². The second kappa shape index (κ2) is 8.36. The quantitative estimate of drug-likeness (QED) is 0.548. The number of benzene rings is 2. The molecule has 0 amide bonds. The van der Waals surface area contributed by atoms with Crippen LogP contribution in [-0.4, -0.2) is 24.4 Å². The van der Waals surface area contributed by atoms with Crippen LogP contribution in [0.5, 0.6) is 0 Å². The molecule has 0 bridgehead atoms. The van der Waals surface area contributed by atoms with E-state index in [0.29, 0.717) is 32.8 Å². The first-order valence-electron chi connectivity index (χ1n) is 11.2. The molecule has 5 rings (SSSR count). The normalized spacial score (nSPS) is 19.5. The lowest BCUT2D eigenvalue weighted by molar-refractivity contribution is -0.118. The number of carbonyl (C=O) groups excluding carboxylic acids is 1.